The number of rotatable bonds is 16. The van der Waals surface area contributed by atoms with Crippen molar-refractivity contribution in [3.63, 3.8) is 0 Å². The number of carbonyl (C=O) groups is 2. The monoisotopic (exact) mass is 512 g/mol. The molecule has 0 atom stereocenters. The smallest absolute Gasteiger partial charge is 0.305 e. The van der Waals surface area contributed by atoms with E-state index >= 15 is 0 Å². The second kappa shape index (κ2) is 15.3. The number of hydrogen-bond acceptors (Lipinski definition) is 6. The van der Waals surface area contributed by atoms with Crippen LogP contribution in [0.25, 0.3) is 0 Å². The summed E-state index contributed by atoms with van der Waals surface area (Å²) in [5.74, 6) is 2.11. The highest BCUT2D eigenvalue weighted by Gasteiger charge is 2.23. The lowest BCUT2D eigenvalue weighted by atomic mass is 9.78. The summed E-state index contributed by atoms with van der Waals surface area (Å²) in [5, 5.41) is 0. The molecule has 0 heterocycles. The van der Waals surface area contributed by atoms with Crippen LogP contribution in [0.4, 0.5) is 0 Å². The Balaban J connectivity index is 1.78. The molecule has 0 aliphatic heterocycles. The van der Waals surface area contributed by atoms with E-state index in [2.05, 4.69) is 65.8 Å². The lowest BCUT2D eigenvalue weighted by Crippen LogP contribution is -2.19. The third-order valence-corrected chi connectivity index (χ3v) is 6.23. The van der Waals surface area contributed by atoms with Crippen molar-refractivity contribution in [1.29, 1.82) is 0 Å². The molecule has 0 unspecified atom stereocenters. The average molecular weight is 513 g/mol. The van der Waals surface area contributed by atoms with Gasteiger partial charge in [0.1, 0.15) is 37.9 Å². The molecule has 2 aromatic carbocycles. The zero-order valence-corrected chi connectivity index (χ0v) is 23.4. The lowest BCUT2D eigenvalue weighted by molar-refractivity contribution is -0.145. The van der Waals surface area contributed by atoms with Crippen molar-refractivity contribution in [2.75, 3.05) is 26.4 Å². The fraction of sp³-hybridized carbons (Fsp3) is 0.548. The van der Waals surface area contributed by atoms with Crippen molar-refractivity contribution in [3.05, 3.63) is 59.7 Å². The van der Waals surface area contributed by atoms with Crippen molar-refractivity contribution in [3.8, 4) is 11.5 Å². The van der Waals surface area contributed by atoms with Crippen molar-refractivity contribution >= 4 is 11.9 Å². The summed E-state index contributed by atoms with van der Waals surface area (Å²) >= 11 is 0. The van der Waals surface area contributed by atoms with Gasteiger partial charge in [-0.05, 0) is 60.1 Å². The molecule has 0 aliphatic carbocycles. The van der Waals surface area contributed by atoms with Gasteiger partial charge in [-0.3, -0.25) is 9.59 Å². The summed E-state index contributed by atoms with van der Waals surface area (Å²) in [7, 11) is 0. The Bertz CT molecular complexity index is 867. The minimum atomic E-state index is -0.213. The largest absolute Gasteiger partial charge is 0.490 e. The number of ether oxygens (including phenoxy) is 4. The first-order chi connectivity index (χ1) is 17.6. The van der Waals surface area contributed by atoms with Crippen LogP contribution < -0.4 is 9.47 Å². The minimum absolute atomic E-state index is 0.175. The van der Waals surface area contributed by atoms with E-state index in [1.807, 2.05) is 24.3 Å². The number of esters is 2. The zero-order chi connectivity index (χ0) is 27.3. The molecule has 6 nitrogen and oxygen atoms in total. The second-order valence-corrected chi connectivity index (χ2v) is 10.7. The van der Waals surface area contributed by atoms with E-state index in [9.17, 15) is 9.59 Å². The summed E-state index contributed by atoms with van der Waals surface area (Å²) in [4.78, 5) is 23.4. The van der Waals surface area contributed by atoms with Crippen LogP contribution in [0.15, 0.2) is 48.5 Å². The summed E-state index contributed by atoms with van der Waals surface area (Å²) in [6.07, 6.45) is 2.57. The molecule has 0 aromatic heterocycles. The van der Waals surface area contributed by atoms with Crippen LogP contribution in [0.2, 0.25) is 0 Å². The van der Waals surface area contributed by atoms with Gasteiger partial charge in [-0.25, -0.2) is 0 Å². The first-order valence-electron chi connectivity index (χ1n) is 13.4. The molecule has 0 radical (unpaired) electrons. The quantitative estimate of drug-likeness (QED) is 0.183. The molecule has 2 aromatic rings. The molecule has 0 N–H and O–H groups in total. The third kappa shape index (κ3) is 11.3. The fourth-order valence-corrected chi connectivity index (χ4v) is 3.69. The molecule has 2 rings (SSSR count). The van der Waals surface area contributed by atoms with Gasteiger partial charge < -0.3 is 18.9 Å². The van der Waals surface area contributed by atoms with Gasteiger partial charge in [0.25, 0.3) is 0 Å². The Morgan fingerprint density at radius 2 is 0.973 bits per heavy atom. The number of benzene rings is 2. The molecule has 0 aliphatic rings. The molecule has 0 saturated carbocycles. The molecule has 0 spiro atoms. The maximum absolute atomic E-state index is 11.7. The Morgan fingerprint density at radius 3 is 1.30 bits per heavy atom. The van der Waals surface area contributed by atoms with Crippen LogP contribution in [0, 0.1) is 11.8 Å². The molecule has 0 bridgehead atoms. The first kappa shape index (κ1) is 30.2. The summed E-state index contributed by atoms with van der Waals surface area (Å²) in [6, 6.07) is 16.0. The predicted octanol–water partition coefficient (Wildman–Crippen LogP) is 6.73. The maximum Gasteiger partial charge on any atom is 0.305 e. The van der Waals surface area contributed by atoms with Gasteiger partial charge in [-0.2, -0.15) is 0 Å². The van der Waals surface area contributed by atoms with Crippen molar-refractivity contribution in [2.45, 2.75) is 72.6 Å². The molecule has 0 saturated heterocycles. The van der Waals surface area contributed by atoms with Gasteiger partial charge in [0.05, 0.1) is 0 Å². The molecule has 204 valence electrons. The van der Waals surface area contributed by atoms with Gasteiger partial charge in [0.15, 0.2) is 0 Å². The van der Waals surface area contributed by atoms with E-state index in [4.69, 9.17) is 18.9 Å². The first-order valence-corrected chi connectivity index (χ1v) is 13.4. The van der Waals surface area contributed by atoms with E-state index in [0.717, 1.165) is 35.5 Å². The van der Waals surface area contributed by atoms with Gasteiger partial charge in [0, 0.05) is 18.3 Å². The maximum atomic E-state index is 11.7. The van der Waals surface area contributed by atoms with Crippen LogP contribution in [0.5, 0.6) is 11.5 Å². The zero-order valence-electron chi connectivity index (χ0n) is 23.4. The highest BCUT2D eigenvalue weighted by molar-refractivity contribution is 5.69. The van der Waals surface area contributed by atoms with Gasteiger partial charge in [-0.15, -0.1) is 0 Å². The fourth-order valence-electron chi connectivity index (χ4n) is 3.69. The number of carbonyl (C=O) groups excluding carboxylic acids is 2. The lowest BCUT2D eigenvalue weighted by Gasteiger charge is -2.26. The van der Waals surface area contributed by atoms with E-state index in [1.165, 1.54) is 0 Å². The van der Waals surface area contributed by atoms with Crippen molar-refractivity contribution < 1.29 is 28.5 Å². The highest BCUT2D eigenvalue weighted by Crippen LogP contribution is 2.33. The molecule has 0 amide bonds. The molecule has 6 heteroatoms. The van der Waals surface area contributed by atoms with Crippen LogP contribution in [-0.4, -0.2) is 38.4 Å². The normalized spacial score (nSPS) is 11.5. The van der Waals surface area contributed by atoms with Gasteiger partial charge in [-0.1, -0.05) is 65.8 Å². The molecular weight excluding hydrogens is 468 g/mol. The van der Waals surface area contributed by atoms with E-state index < -0.39 is 0 Å². The van der Waals surface area contributed by atoms with Crippen LogP contribution in [0.1, 0.15) is 78.4 Å². The van der Waals surface area contributed by atoms with E-state index in [0.29, 0.717) is 37.9 Å². The van der Waals surface area contributed by atoms with Gasteiger partial charge in [0.2, 0.25) is 0 Å². The molecular formula is C31H44O6. The van der Waals surface area contributed by atoms with Crippen molar-refractivity contribution in [1.82, 2.24) is 0 Å². The standard InChI is InChI=1S/C31H44O6/c1-23(2)7-17-29(32)36-21-19-34-27-13-9-25(10-14-27)31(5,6)26-11-15-28(16-12-26)35-20-22-37-30(33)18-8-24(3)4/h9-16,23-24H,7-8,17-22H2,1-6H3. The van der Waals surface area contributed by atoms with E-state index in [-0.39, 0.29) is 30.6 Å². The number of hydrogen-bond donors (Lipinski definition) is 0. The van der Waals surface area contributed by atoms with E-state index in [1.54, 1.807) is 0 Å². The Morgan fingerprint density at radius 1 is 0.622 bits per heavy atom. The Kier molecular flexibility index (Phi) is 12.5. The molecule has 0 fully saturated rings. The second-order valence-electron chi connectivity index (χ2n) is 10.7. The molecule has 37 heavy (non-hydrogen) atoms. The Labute approximate surface area is 222 Å². The summed E-state index contributed by atoms with van der Waals surface area (Å²) in [5.41, 5.74) is 2.10. The predicted molar refractivity (Wildman–Crippen MR) is 146 cm³/mol. The van der Waals surface area contributed by atoms with Crippen molar-refractivity contribution in [2.24, 2.45) is 11.8 Å². The summed E-state index contributed by atoms with van der Waals surface area (Å²) < 4.78 is 21.9. The minimum Gasteiger partial charge on any atom is -0.490 e. The van der Waals surface area contributed by atoms with Crippen LogP contribution >= 0.6 is 0 Å². The topological polar surface area (TPSA) is 71.1 Å². The SMILES string of the molecule is CC(C)CCC(=O)OCCOc1ccc(C(C)(C)c2ccc(OCCOC(=O)CCC(C)C)cc2)cc1. The highest BCUT2D eigenvalue weighted by atomic mass is 16.6. The summed E-state index contributed by atoms with van der Waals surface area (Å²) in [6.45, 7) is 13.8. The van der Waals surface area contributed by atoms with Gasteiger partial charge >= 0.3 is 11.9 Å². The Hall–Kier alpha value is -3.02. The average Bonchev–Trinajstić information content (AvgIpc) is 2.87. The third-order valence-electron chi connectivity index (χ3n) is 6.23. The van der Waals surface area contributed by atoms with Crippen LogP contribution in [-0.2, 0) is 24.5 Å². The van der Waals surface area contributed by atoms with Crippen LogP contribution in [0.3, 0.4) is 0 Å².